The van der Waals surface area contributed by atoms with Crippen LogP contribution in [0.3, 0.4) is 0 Å². The Bertz CT molecular complexity index is 631. The molecule has 0 saturated carbocycles. The monoisotopic (exact) mass is 250 g/mol. The predicted molar refractivity (Wildman–Crippen MR) is 64.9 cm³/mol. The van der Waals surface area contributed by atoms with Gasteiger partial charge in [0.2, 0.25) is 0 Å². The fraction of sp³-hybridized carbons (Fsp3) is 0.0769. The molecule has 2 aromatic rings. The summed E-state index contributed by atoms with van der Waals surface area (Å²) >= 11 is 0. The zero-order chi connectivity index (χ0) is 12.5. The summed E-state index contributed by atoms with van der Waals surface area (Å²) in [5.74, 6) is -0.342. The fourth-order valence-corrected chi connectivity index (χ4v) is 2.57. The summed E-state index contributed by atoms with van der Waals surface area (Å²) in [6, 6.07) is 12.5. The summed E-state index contributed by atoms with van der Waals surface area (Å²) in [6.45, 7) is 0. The second-order valence-electron chi connectivity index (χ2n) is 3.78. The molecule has 0 aliphatic carbocycles. The third kappa shape index (κ3) is 2.53. The number of halogens is 1. The van der Waals surface area contributed by atoms with Crippen molar-refractivity contribution in [3.8, 4) is 11.1 Å². The summed E-state index contributed by atoms with van der Waals surface area (Å²) < 4.78 is 36.1. The van der Waals surface area contributed by atoms with Gasteiger partial charge in [0.25, 0.3) is 0 Å². The van der Waals surface area contributed by atoms with Crippen molar-refractivity contribution in [2.24, 2.45) is 0 Å². The smallest absolute Gasteiger partial charge is 0.176 e. The van der Waals surface area contributed by atoms with E-state index in [1.165, 1.54) is 12.1 Å². The Labute approximate surface area is 99.6 Å². The van der Waals surface area contributed by atoms with Gasteiger partial charge in [-0.2, -0.15) is 0 Å². The topological polar surface area (TPSA) is 34.1 Å². The van der Waals surface area contributed by atoms with E-state index in [9.17, 15) is 12.8 Å². The summed E-state index contributed by atoms with van der Waals surface area (Å²) in [7, 11) is -3.29. The van der Waals surface area contributed by atoms with Gasteiger partial charge in [0, 0.05) is 11.8 Å². The van der Waals surface area contributed by atoms with E-state index < -0.39 is 9.84 Å². The molecule has 0 amide bonds. The minimum Gasteiger partial charge on any atom is -0.224 e. The van der Waals surface area contributed by atoms with E-state index in [4.69, 9.17) is 0 Å². The van der Waals surface area contributed by atoms with Crippen LogP contribution in [0.1, 0.15) is 0 Å². The van der Waals surface area contributed by atoms with Crippen LogP contribution in [0, 0.1) is 5.82 Å². The molecule has 2 nitrogen and oxygen atoms in total. The van der Waals surface area contributed by atoms with E-state index in [-0.39, 0.29) is 10.7 Å². The van der Waals surface area contributed by atoms with Crippen LogP contribution >= 0.6 is 0 Å². The highest BCUT2D eigenvalue weighted by atomic mass is 32.2. The van der Waals surface area contributed by atoms with E-state index in [1.54, 1.807) is 36.4 Å². The molecule has 4 heteroatoms. The van der Waals surface area contributed by atoms with Crippen molar-refractivity contribution in [3.05, 3.63) is 54.3 Å². The third-order valence-corrected chi connectivity index (χ3v) is 3.60. The molecule has 0 aliphatic rings. The standard InChI is InChI=1S/C13H11FO2S/c1-17(15,16)13-5-3-2-4-12(13)10-6-8-11(14)9-7-10/h2-9H,1H3. The van der Waals surface area contributed by atoms with Gasteiger partial charge in [0.15, 0.2) is 9.84 Å². The quantitative estimate of drug-likeness (QED) is 0.821. The lowest BCUT2D eigenvalue weighted by Crippen LogP contribution is -1.99. The van der Waals surface area contributed by atoms with E-state index in [0.29, 0.717) is 11.1 Å². The number of sulfone groups is 1. The fourth-order valence-electron chi connectivity index (χ4n) is 1.66. The molecule has 0 aromatic heterocycles. The lowest BCUT2D eigenvalue weighted by atomic mass is 10.1. The Hall–Kier alpha value is -1.68. The van der Waals surface area contributed by atoms with Crippen molar-refractivity contribution in [1.29, 1.82) is 0 Å². The molecule has 0 spiro atoms. The van der Waals surface area contributed by atoms with E-state index >= 15 is 0 Å². The van der Waals surface area contributed by atoms with Crippen LogP contribution in [0.4, 0.5) is 4.39 Å². The Kier molecular flexibility index (Phi) is 2.98. The van der Waals surface area contributed by atoms with Crippen LogP contribution < -0.4 is 0 Å². The maximum atomic E-state index is 12.8. The minimum atomic E-state index is -3.29. The zero-order valence-corrected chi connectivity index (χ0v) is 10.0. The molecule has 17 heavy (non-hydrogen) atoms. The van der Waals surface area contributed by atoms with Crippen LogP contribution in [-0.4, -0.2) is 14.7 Å². The van der Waals surface area contributed by atoms with Crippen LogP contribution in [0.2, 0.25) is 0 Å². The summed E-state index contributed by atoms with van der Waals surface area (Å²) in [5, 5.41) is 0. The molecule has 88 valence electrons. The van der Waals surface area contributed by atoms with Gasteiger partial charge in [-0.1, -0.05) is 30.3 Å². The SMILES string of the molecule is CS(=O)(=O)c1ccccc1-c1ccc(F)cc1. The van der Waals surface area contributed by atoms with Crippen molar-refractivity contribution in [3.63, 3.8) is 0 Å². The molecule has 0 atom stereocenters. The second kappa shape index (κ2) is 4.30. The van der Waals surface area contributed by atoms with Crippen LogP contribution in [-0.2, 0) is 9.84 Å². The van der Waals surface area contributed by atoms with Gasteiger partial charge in [-0.25, -0.2) is 12.8 Å². The lowest BCUT2D eigenvalue weighted by molar-refractivity contribution is 0.602. The number of hydrogen-bond acceptors (Lipinski definition) is 2. The Morgan fingerprint density at radius 2 is 1.53 bits per heavy atom. The molecule has 2 rings (SSSR count). The normalized spacial score (nSPS) is 11.4. The number of benzene rings is 2. The van der Waals surface area contributed by atoms with Crippen molar-refractivity contribution < 1.29 is 12.8 Å². The lowest BCUT2D eigenvalue weighted by Gasteiger charge is -2.07. The van der Waals surface area contributed by atoms with Crippen molar-refractivity contribution in [2.45, 2.75) is 4.90 Å². The van der Waals surface area contributed by atoms with Crippen molar-refractivity contribution >= 4 is 9.84 Å². The first kappa shape index (κ1) is 11.8. The van der Waals surface area contributed by atoms with Crippen molar-refractivity contribution in [2.75, 3.05) is 6.26 Å². The van der Waals surface area contributed by atoms with E-state index in [0.717, 1.165) is 6.26 Å². The van der Waals surface area contributed by atoms with Gasteiger partial charge in [0.05, 0.1) is 4.90 Å². The summed E-state index contributed by atoms with van der Waals surface area (Å²) in [4.78, 5) is 0.256. The minimum absolute atomic E-state index is 0.256. The molecule has 0 unspecified atom stereocenters. The Morgan fingerprint density at radius 1 is 0.941 bits per heavy atom. The molecule has 0 saturated heterocycles. The molecular formula is C13H11FO2S. The van der Waals surface area contributed by atoms with Gasteiger partial charge in [-0.05, 0) is 23.8 Å². The third-order valence-electron chi connectivity index (χ3n) is 2.44. The average molecular weight is 250 g/mol. The molecule has 0 radical (unpaired) electrons. The molecule has 2 aromatic carbocycles. The molecule has 0 heterocycles. The maximum Gasteiger partial charge on any atom is 0.176 e. The van der Waals surface area contributed by atoms with Gasteiger partial charge >= 0.3 is 0 Å². The van der Waals surface area contributed by atoms with Crippen LogP contribution in [0.25, 0.3) is 11.1 Å². The van der Waals surface area contributed by atoms with Crippen molar-refractivity contribution in [1.82, 2.24) is 0 Å². The highest BCUT2D eigenvalue weighted by Gasteiger charge is 2.13. The van der Waals surface area contributed by atoms with Gasteiger partial charge in [-0.15, -0.1) is 0 Å². The molecule has 0 bridgehead atoms. The summed E-state index contributed by atoms with van der Waals surface area (Å²) in [6.07, 6.45) is 1.16. The first-order chi connectivity index (χ1) is 7.98. The molecular weight excluding hydrogens is 239 g/mol. The summed E-state index contributed by atoms with van der Waals surface area (Å²) in [5.41, 5.74) is 1.28. The first-order valence-electron chi connectivity index (χ1n) is 5.03. The maximum absolute atomic E-state index is 12.8. The Balaban J connectivity index is 2.64. The average Bonchev–Trinajstić information content (AvgIpc) is 2.29. The van der Waals surface area contributed by atoms with E-state index in [2.05, 4.69) is 0 Å². The second-order valence-corrected chi connectivity index (χ2v) is 5.76. The first-order valence-corrected chi connectivity index (χ1v) is 6.92. The number of hydrogen-bond donors (Lipinski definition) is 0. The van der Waals surface area contributed by atoms with E-state index in [1.807, 2.05) is 0 Å². The largest absolute Gasteiger partial charge is 0.224 e. The highest BCUT2D eigenvalue weighted by molar-refractivity contribution is 7.90. The van der Waals surface area contributed by atoms with Gasteiger partial charge in [0.1, 0.15) is 5.82 Å². The predicted octanol–water partition coefficient (Wildman–Crippen LogP) is 2.90. The Morgan fingerprint density at radius 3 is 2.12 bits per heavy atom. The highest BCUT2D eigenvalue weighted by Crippen LogP contribution is 2.27. The van der Waals surface area contributed by atoms with Gasteiger partial charge < -0.3 is 0 Å². The van der Waals surface area contributed by atoms with Gasteiger partial charge in [-0.3, -0.25) is 0 Å². The molecule has 0 aliphatic heterocycles. The number of rotatable bonds is 2. The van der Waals surface area contributed by atoms with Crippen LogP contribution in [0.5, 0.6) is 0 Å². The molecule has 0 N–H and O–H groups in total. The molecule has 0 fully saturated rings. The van der Waals surface area contributed by atoms with Crippen LogP contribution in [0.15, 0.2) is 53.4 Å². The zero-order valence-electron chi connectivity index (χ0n) is 9.22.